The summed E-state index contributed by atoms with van der Waals surface area (Å²) in [6.45, 7) is 2.81. The highest BCUT2D eigenvalue weighted by Gasteiger charge is 2.00. The van der Waals surface area contributed by atoms with Crippen molar-refractivity contribution in [3.8, 4) is 5.75 Å². The van der Waals surface area contributed by atoms with Crippen molar-refractivity contribution in [3.63, 3.8) is 0 Å². The lowest BCUT2D eigenvalue weighted by Crippen LogP contribution is -2.24. The fourth-order valence-corrected chi connectivity index (χ4v) is 1.46. The summed E-state index contributed by atoms with van der Waals surface area (Å²) in [6, 6.07) is 7.42. The Labute approximate surface area is 118 Å². The van der Waals surface area contributed by atoms with Crippen LogP contribution in [0.25, 0.3) is 6.08 Å². The van der Waals surface area contributed by atoms with E-state index in [9.17, 15) is 9.59 Å². The van der Waals surface area contributed by atoms with Crippen molar-refractivity contribution >= 4 is 18.0 Å². The molecular formula is C15H19NO4. The number of amides is 1. The van der Waals surface area contributed by atoms with Gasteiger partial charge in [-0.15, -0.1) is 0 Å². The number of nitrogens with one attached hydrogen (secondary N) is 1. The summed E-state index contributed by atoms with van der Waals surface area (Å²) in [5.41, 5.74) is 0.900. The predicted octanol–water partition coefficient (Wildman–Crippen LogP) is 1.78. The molecule has 0 bridgehead atoms. The molecule has 0 spiro atoms. The lowest BCUT2D eigenvalue weighted by atomic mass is 10.2. The van der Waals surface area contributed by atoms with Crippen LogP contribution in [-0.4, -0.2) is 32.1 Å². The normalized spacial score (nSPS) is 10.3. The number of methoxy groups -OCH3 is 1. The molecule has 108 valence electrons. The van der Waals surface area contributed by atoms with Gasteiger partial charge in [-0.2, -0.15) is 0 Å². The van der Waals surface area contributed by atoms with Gasteiger partial charge in [0.25, 0.3) is 0 Å². The molecule has 0 aliphatic carbocycles. The van der Waals surface area contributed by atoms with Gasteiger partial charge < -0.3 is 14.8 Å². The van der Waals surface area contributed by atoms with Gasteiger partial charge in [-0.1, -0.05) is 12.1 Å². The van der Waals surface area contributed by atoms with Gasteiger partial charge >= 0.3 is 5.97 Å². The number of benzene rings is 1. The van der Waals surface area contributed by atoms with Crippen LogP contribution in [0.2, 0.25) is 0 Å². The number of ether oxygens (including phenoxy) is 2. The zero-order valence-electron chi connectivity index (χ0n) is 11.7. The third kappa shape index (κ3) is 6.04. The lowest BCUT2D eigenvalue weighted by molar-refractivity contribution is -0.140. The quantitative estimate of drug-likeness (QED) is 0.609. The molecule has 0 aliphatic heterocycles. The van der Waals surface area contributed by atoms with Crippen molar-refractivity contribution in [2.75, 3.05) is 20.3 Å². The number of rotatable bonds is 7. The van der Waals surface area contributed by atoms with Crippen molar-refractivity contribution in [3.05, 3.63) is 35.9 Å². The Kier molecular flexibility index (Phi) is 6.89. The summed E-state index contributed by atoms with van der Waals surface area (Å²) < 4.78 is 9.80. The van der Waals surface area contributed by atoms with Gasteiger partial charge in [-0.3, -0.25) is 9.59 Å². The Hall–Kier alpha value is -2.30. The van der Waals surface area contributed by atoms with Crippen molar-refractivity contribution < 1.29 is 19.1 Å². The van der Waals surface area contributed by atoms with Gasteiger partial charge in [-0.25, -0.2) is 0 Å². The molecule has 20 heavy (non-hydrogen) atoms. The first kappa shape index (κ1) is 15.8. The largest absolute Gasteiger partial charge is 0.494 e. The number of esters is 1. The van der Waals surface area contributed by atoms with Crippen LogP contribution >= 0.6 is 0 Å². The van der Waals surface area contributed by atoms with Crippen LogP contribution in [0.1, 0.15) is 18.9 Å². The van der Waals surface area contributed by atoms with Crippen LogP contribution in [0.5, 0.6) is 5.75 Å². The van der Waals surface area contributed by atoms with Gasteiger partial charge in [-0.05, 0) is 30.7 Å². The molecule has 1 amide bonds. The highest BCUT2D eigenvalue weighted by Crippen LogP contribution is 2.12. The molecule has 0 unspecified atom stereocenters. The minimum absolute atomic E-state index is 0.166. The second kappa shape index (κ2) is 8.74. The Bertz CT molecular complexity index is 465. The first-order valence-corrected chi connectivity index (χ1v) is 6.41. The van der Waals surface area contributed by atoms with E-state index < -0.39 is 0 Å². The molecule has 0 saturated heterocycles. The smallest absolute Gasteiger partial charge is 0.307 e. The average Bonchev–Trinajstić information content (AvgIpc) is 2.46. The minimum atomic E-state index is -0.346. The van der Waals surface area contributed by atoms with E-state index in [1.807, 2.05) is 31.2 Å². The van der Waals surface area contributed by atoms with E-state index in [1.165, 1.54) is 13.2 Å². The number of carbonyl (C=O) groups excluding carboxylic acids is 2. The molecule has 5 nitrogen and oxygen atoms in total. The van der Waals surface area contributed by atoms with E-state index in [0.717, 1.165) is 11.3 Å². The van der Waals surface area contributed by atoms with Gasteiger partial charge in [0.2, 0.25) is 5.91 Å². The number of hydrogen-bond acceptors (Lipinski definition) is 4. The molecule has 0 saturated carbocycles. The van der Waals surface area contributed by atoms with E-state index in [-0.39, 0.29) is 24.8 Å². The maximum absolute atomic E-state index is 11.5. The fraction of sp³-hybridized carbons (Fsp3) is 0.333. The van der Waals surface area contributed by atoms with E-state index >= 15 is 0 Å². The molecule has 0 radical (unpaired) electrons. The summed E-state index contributed by atoms with van der Waals surface area (Å²) >= 11 is 0. The summed E-state index contributed by atoms with van der Waals surface area (Å²) in [5, 5.41) is 2.60. The number of hydrogen-bond donors (Lipinski definition) is 1. The van der Waals surface area contributed by atoms with Gasteiger partial charge in [0, 0.05) is 12.6 Å². The fourth-order valence-electron chi connectivity index (χ4n) is 1.46. The second-order valence-electron chi connectivity index (χ2n) is 3.95. The second-order valence-corrected chi connectivity index (χ2v) is 3.95. The molecule has 1 N–H and O–H groups in total. The standard InChI is InChI=1S/C15H19NO4/c1-3-20-13-7-4-12(5-8-13)6-9-14(17)16-11-10-15(18)19-2/h4-9H,3,10-11H2,1-2H3,(H,16,17). The maximum atomic E-state index is 11.5. The number of carbonyl (C=O) groups is 2. The molecule has 0 atom stereocenters. The van der Waals surface area contributed by atoms with Gasteiger partial charge in [0.05, 0.1) is 20.1 Å². The van der Waals surface area contributed by atoms with Crippen LogP contribution < -0.4 is 10.1 Å². The molecule has 0 aliphatic rings. The topological polar surface area (TPSA) is 64.6 Å². The summed E-state index contributed by atoms with van der Waals surface area (Å²) in [7, 11) is 1.32. The molecule has 1 aromatic carbocycles. The van der Waals surface area contributed by atoms with Crippen molar-refractivity contribution in [1.29, 1.82) is 0 Å². The molecule has 0 fully saturated rings. The van der Waals surface area contributed by atoms with Gasteiger partial charge in [0.15, 0.2) is 0 Å². The SMILES string of the molecule is CCOc1ccc(C=CC(=O)NCCC(=O)OC)cc1. The van der Waals surface area contributed by atoms with Crippen LogP contribution in [0.15, 0.2) is 30.3 Å². The summed E-state index contributed by atoms with van der Waals surface area (Å²) in [5.74, 6) is 0.204. The first-order chi connectivity index (χ1) is 9.65. The molecule has 1 rings (SSSR count). The molecule has 0 heterocycles. The zero-order valence-corrected chi connectivity index (χ0v) is 11.7. The average molecular weight is 277 g/mol. The third-order valence-corrected chi connectivity index (χ3v) is 2.47. The van der Waals surface area contributed by atoms with Crippen LogP contribution in [-0.2, 0) is 14.3 Å². The van der Waals surface area contributed by atoms with Crippen molar-refractivity contribution in [2.24, 2.45) is 0 Å². The predicted molar refractivity (Wildman–Crippen MR) is 76.3 cm³/mol. The third-order valence-electron chi connectivity index (χ3n) is 2.47. The molecule has 5 heteroatoms. The van der Waals surface area contributed by atoms with Crippen LogP contribution in [0.4, 0.5) is 0 Å². The minimum Gasteiger partial charge on any atom is -0.494 e. The van der Waals surface area contributed by atoms with Crippen LogP contribution in [0, 0.1) is 0 Å². The molecular weight excluding hydrogens is 258 g/mol. The summed E-state index contributed by atoms with van der Waals surface area (Å²) in [6.07, 6.45) is 3.29. The summed E-state index contributed by atoms with van der Waals surface area (Å²) in [4.78, 5) is 22.3. The monoisotopic (exact) mass is 277 g/mol. The molecule has 0 aromatic heterocycles. The maximum Gasteiger partial charge on any atom is 0.307 e. The first-order valence-electron chi connectivity index (χ1n) is 6.41. The van der Waals surface area contributed by atoms with Crippen molar-refractivity contribution in [1.82, 2.24) is 5.32 Å². The zero-order chi connectivity index (χ0) is 14.8. The van der Waals surface area contributed by atoms with Crippen molar-refractivity contribution in [2.45, 2.75) is 13.3 Å². The van der Waals surface area contributed by atoms with Gasteiger partial charge in [0.1, 0.15) is 5.75 Å². The van der Waals surface area contributed by atoms with E-state index in [0.29, 0.717) is 6.61 Å². The lowest BCUT2D eigenvalue weighted by Gasteiger charge is -2.02. The Morgan fingerprint density at radius 2 is 1.95 bits per heavy atom. The highest BCUT2D eigenvalue weighted by atomic mass is 16.5. The van der Waals surface area contributed by atoms with Crippen LogP contribution in [0.3, 0.4) is 0 Å². The van der Waals surface area contributed by atoms with E-state index in [4.69, 9.17) is 4.74 Å². The highest BCUT2D eigenvalue weighted by molar-refractivity contribution is 5.91. The Morgan fingerprint density at radius 1 is 1.25 bits per heavy atom. The van der Waals surface area contributed by atoms with E-state index in [2.05, 4.69) is 10.1 Å². The Balaban J connectivity index is 2.38. The van der Waals surface area contributed by atoms with E-state index in [1.54, 1.807) is 6.08 Å². The Morgan fingerprint density at radius 3 is 2.55 bits per heavy atom. The molecule has 1 aromatic rings.